The molecule has 2 aliphatic heterocycles. The predicted molar refractivity (Wildman–Crippen MR) is 229 cm³/mol. The summed E-state index contributed by atoms with van der Waals surface area (Å²) >= 11 is 1.56. The number of aliphatic hydroxyl groups excluding tert-OH is 1. The minimum absolute atomic E-state index is 0.0427. The Kier molecular flexibility index (Phi) is 14.2. The third-order valence-corrected chi connectivity index (χ3v) is 11.6. The molecule has 0 spiro atoms. The summed E-state index contributed by atoms with van der Waals surface area (Å²) in [5, 5.41) is 21.7. The molecule has 17 heteroatoms. The van der Waals surface area contributed by atoms with Crippen LogP contribution in [0.1, 0.15) is 71.3 Å². The van der Waals surface area contributed by atoms with E-state index in [0.717, 1.165) is 21.7 Å². The Labute approximate surface area is 357 Å². The van der Waals surface area contributed by atoms with Crippen molar-refractivity contribution in [1.29, 1.82) is 0 Å². The Morgan fingerprint density at radius 2 is 1.79 bits per heavy atom. The number of aromatic nitrogens is 2. The quantitative estimate of drug-likeness (QED) is 0.0703. The largest absolute Gasteiger partial charge is 0.391 e. The fraction of sp³-hybridized carbons (Fsp3) is 0.409. The van der Waals surface area contributed by atoms with Gasteiger partial charge in [-0.25, -0.2) is 9.37 Å². The predicted octanol–water partition coefficient (Wildman–Crippen LogP) is 4.27. The van der Waals surface area contributed by atoms with Gasteiger partial charge in [0, 0.05) is 48.7 Å². The number of β-amino-alcohol motifs (C(OH)–C–C–N with tert-alkyl or cyclic N) is 1. The van der Waals surface area contributed by atoms with Crippen molar-refractivity contribution in [3.8, 4) is 10.4 Å². The number of anilines is 1. The summed E-state index contributed by atoms with van der Waals surface area (Å²) < 4.78 is 25.0. The lowest BCUT2D eigenvalue weighted by atomic mass is 9.85. The van der Waals surface area contributed by atoms with Crippen molar-refractivity contribution in [3.63, 3.8) is 0 Å². The van der Waals surface area contributed by atoms with E-state index < -0.39 is 47.1 Å². The molecule has 2 aromatic carbocycles. The van der Waals surface area contributed by atoms with Crippen LogP contribution in [0.15, 0.2) is 48.0 Å². The number of aryl methyl sites for hydroxylation is 2. The van der Waals surface area contributed by atoms with Crippen LogP contribution in [0.3, 0.4) is 0 Å². The average molecular weight is 858 g/mol. The number of carbonyl (C=O) groups excluding carboxylic acids is 5. The monoisotopic (exact) mass is 857 g/mol. The lowest BCUT2D eigenvalue weighted by Gasteiger charge is -2.35. The van der Waals surface area contributed by atoms with Gasteiger partial charge in [0.25, 0.3) is 11.8 Å². The minimum atomic E-state index is -1.00. The first-order valence-corrected chi connectivity index (χ1v) is 20.9. The molecule has 4 heterocycles. The Bertz CT molecular complexity index is 2320. The van der Waals surface area contributed by atoms with Gasteiger partial charge >= 0.3 is 0 Å². The van der Waals surface area contributed by atoms with Gasteiger partial charge in [-0.3, -0.25) is 24.0 Å². The highest BCUT2D eigenvalue weighted by molar-refractivity contribution is 7.13. The number of amides is 5. The SMILES string of the molecule is Cc1ncsc1-c1ccc(CNC(=O)[C@@H]2C[C@@H](O)CN2C(=O)[C@@H](NC(=O)COCCOCCNC(=O)c2c(C)[nH]c(/C=C3\C(=O)Nc4ccc(F)cc43)c2C)C(C)(C)C)cc1. The number of halogens is 1. The molecule has 0 radical (unpaired) electrons. The average Bonchev–Trinajstić information content (AvgIpc) is 3.97. The lowest BCUT2D eigenvalue weighted by Crippen LogP contribution is -2.58. The van der Waals surface area contributed by atoms with Crippen LogP contribution in [-0.2, 0) is 35.2 Å². The number of nitrogens with zero attached hydrogens (tertiary/aromatic N) is 2. The van der Waals surface area contributed by atoms with Gasteiger partial charge in [-0.1, -0.05) is 45.0 Å². The number of nitrogens with one attached hydrogen (secondary N) is 5. The van der Waals surface area contributed by atoms with Gasteiger partial charge in [-0.05, 0) is 67.2 Å². The number of carbonyl (C=O) groups is 5. The van der Waals surface area contributed by atoms with Crippen LogP contribution in [0.4, 0.5) is 10.1 Å². The van der Waals surface area contributed by atoms with Crippen molar-refractivity contribution in [2.45, 2.75) is 72.7 Å². The number of rotatable bonds is 16. The smallest absolute Gasteiger partial charge is 0.256 e. The van der Waals surface area contributed by atoms with E-state index in [1.807, 2.05) is 31.2 Å². The molecule has 0 bridgehead atoms. The van der Waals surface area contributed by atoms with E-state index in [1.54, 1.807) is 57.5 Å². The molecule has 1 fully saturated rings. The standard InChI is InChI=1S/C44H52FN7O8S/c1-24-34(19-32-31-17-29(45)11-12-33(31)50-40(32)55)49-25(2)37(24)42(57)46-13-14-59-15-16-60-22-36(54)51-39(44(4,5)6)43(58)52-21-30(53)18-35(52)41(56)47-20-27-7-9-28(10-8-27)38-26(3)48-23-61-38/h7-12,17,19,23,30,35,39,49,53H,13-16,18,20-22H2,1-6H3,(H,46,57)(H,47,56)(H,50,55)(H,51,54)/b32-19-/t30-,35+,39-/m1/s1. The molecular weight excluding hydrogens is 806 g/mol. The van der Waals surface area contributed by atoms with Gasteiger partial charge < -0.3 is 45.7 Å². The van der Waals surface area contributed by atoms with Gasteiger partial charge in [0.2, 0.25) is 17.7 Å². The molecule has 6 rings (SSSR count). The summed E-state index contributed by atoms with van der Waals surface area (Å²) in [6.45, 7) is 11.3. The zero-order valence-corrected chi connectivity index (χ0v) is 35.9. The van der Waals surface area contributed by atoms with E-state index in [9.17, 15) is 33.5 Å². The normalized spacial score (nSPS) is 17.3. The third kappa shape index (κ3) is 10.8. The molecular formula is C44H52FN7O8S. The number of thiazole rings is 1. The van der Waals surface area contributed by atoms with Crippen molar-refractivity contribution in [1.82, 2.24) is 30.8 Å². The molecule has 2 aliphatic rings. The van der Waals surface area contributed by atoms with E-state index in [-0.39, 0.29) is 69.9 Å². The molecule has 0 saturated carbocycles. The maximum atomic E-state index is 13.9. The number of fused-ring (bicyclic) bond motifs is 1. The maximum absolute atomic E-state index is 13.9. The Morgan fingerprint density at radius 1 is 1.05 bits per heavy atom. The fourth-order valence-electron chi connectivity index (χ4n) is 7.40. The first-order valence-electron chi connectivity index (χ1n) is 20.0. The van der Waals surface area contributed by atoms with Crippen molar-refractivity contribution >= 4 is 58.2 Å². The van der Waals surface area contributed by atoms with Gasteiger partial charge in [0.15, 0.2) is 0 Å². The second-order valence-electron chi connectivity index (χ2n) is 16.2. The number of hydrogen-bond acceptors (Lipinski definition) is 10. The van der Waals surface area contributed by atoms with E-state index in [2.05, 4.69) is 31.2 Å². The highest BCUT2D eigenvalue weighted by Gasteiger charge is 2.44. The van der Waals surface area contributed by atoms with Crippen LogP contribution >= 0.6 is 11.3 Å². The summed E-state index contributed by atoms with van der Waals surface area (Å²) in [7, 11) is 0. The number of ether oxygens (including phenoxy) is 2. The molecule has 15 nitrogen and oxygen atoms in total. The number of hydrogen-bond donors (Lipinski definition) is 6. The minimum Gasteiger partial charge on any atom is -0.391 e. The number of aliphatic hydroxyl groups is 1. The summed E-state index contributed by atoms with van der Waals surface area (Å²) in [5.74, 6) is -2.57. The highest BCUT2D eigenvalue weighted by Crippen LogP contribution is 2.35. The molecule has 0 aliphatic carbocycles. The highest BCUT2D eigenvalue weighted by atomic mass is 32.1. The second-order valence-corrected chi connectivity index (χ2v) is 17.1. The Hall–Kier alpha value is -5.75. The topological polar surface area (TPSA) is 204 Å². The zero-order valence-electron chi connectivity index (χ0n) is 35.1. The molecule has 3 atom stereocenters. The zero-order chi connectivity index (χ0) is 44.0. The third-order valence-electron chi connectivity index (χ3n) is 10.6. The summed E-state index contributed by atoms with van der Waals surface area (Å²) in [6, 6.07) is 9.96. The second kappa shape index (κ2) is 19.3. The van der Waals surface area contributed by atoms with Crippen LogP contribution in [0.2, 0.25) is 0 Å². The van der Waals surface area contributed by atoms with E-state index in [0.29, 0.717) is 33.8 Å². The first kappa shape index (κ1) is 44.8. The van der Waals surface area contributed by atoms with Gasteiger partial charge in [0.05, 0.1) is 53.1 Å². The van der Waals surface area contributed by atoms with Gasteiger partial charge in [-0.15, -0.1) is 11.3 Å². The van der Waals surface area contributed by atoms with Gasteiger partial charge in [-0.2, -0.15) is 0 Å². The van der Waals surface area contributed by atoms with E-state index in [1.165, 1.54) is 23.1 Å². The maximum Gasteiger partial charge on any atom is 0.256 e. The van der Waals surface area contributed by atoms with Crippen LogP contribution in [-0.4, -0.2) is 107 Å². The number of benzene rings is 2. The van der Waals surface area contributed by atoms with Crippen molar-refractivity contribution in [3.05, 3.63) is 93.1 Å². The summed E-state index contributed by atoms with van der Waals surface area (Å²) in [5.41, 5.74) is 7.38. The van der Waals surface area contributed by atoms with E-state index >= 15 is 0 Å². The molecule has 61 heavy (non-hydrogen) atoms. The molecule has 6 N–H and O–H groups in total. The van der Waals surface area contributed by atoms with Crippen molar-refractivity contribution < 1.29 is 42.9 Å². The van der Waals surface area contributed by atoms with Gasteiger partial charge in [0.1, 0.15) is 24.5 Å². The molecule has 1 saturated heterocycles. The fourth-order valence-corrected chi connectivity index (χ4v) is 8.21. The number of H-pyrrole nitrogens is 1. The van der Waals surface area contributed by atoms with Crippen LogP contribution in [0.5, 0.6) is 0 Å². The number of likely N-dealkylation sites (tertiary alicyclic amines) is 1. The van der Waals surface area contributed by atoms with Crippen LogP contribution in [0, 0.1) is 32.0 Å². The van der Waals surface area contributed by atoms with E-state index in [4.69, 9.17) is 9.47 Å². The molecule has 5 amide bonds. The molecule has 324 valence electrons. The number of aromatic amines is 1. The van der Waals surface area contributed by atoms with Crippen molar-refractivity contribution in [2.75, 3.05) is 44.8 Å². The van der Waals surface area contributed by atoms with Crippen LogP contribution < -0.4 is 21.3 Å². The Balaban J connectivity index is 0.919. The molecule has 4 aromatic rings. The molecule has 2 aromatic heterocycles. The van der Waals surface area contributed by atoms with Crippen LogP contribution in [0.25, 0.3) is 22.1 Å². The van der Waals surface area contributed by atoms with Crippen molar-refractivity contribution in [2.24, 2.45) is 5.41 Å². The summed E-state index contributed by atoms with van der Waals surface area (Å²) in [6.07, 6.45) is 0.784. The molecule has 0 unspecified atom stereocenters. The lowest BCUT2D eigenvalue weighted by molar-refractivity contribution is -0.144. The Morgan fingerprint density at radius 3 is 2.49 bits per heavy atom. The summed E-state index contributed by atoms with van der Waals surface area (Å²) in [4.78, 5) is 75.8. The first-order chi connectivity index (χ1) is 29.0.